The second-order valence-electron chi connectivity index (χ2n) is 4.66. The minimum Gasteiger partial charge on any atom is -0.494 e. The molecule has 0 aliphatic rings. The van der Waals surface area contributed by atoms with E-state index in [0.29, 0.717) is 17.9 Å². The van der Waals surface area contributed by atoms with Crippen LogP contribution in [0.1, 0.15) is 18.1 Å². The Bertz CT molecular complexity index is 711. The van der Waals surface area contributed by atoms with Gasteiger partial charge in [-0.25, -0.2) is 12.8 Å². The summed E-state index contributed by atoms with van der Waals surface area (Å²) in [6.07, 6.45) is 0. The van der Waals surface area contributed by atoms with E-state index in [2.05, 4.69) is 0 Å². The lowest BCUT2D eigenvalue weighted by Gasteiger charge is -2.10. The first-order valence-electron chi connectivity index (χ1n) is 6.66. The van der Waals surface area contributed by atoms with Crippen molar-refractivity contribution in [3.05, 3.63) is 65.5 Å². The fourth-order valence-corrected chi connectivity index (χ4v) is 3.58. The van der Waals surface area contributed by atoms with Gasteiger partial charge in [0.2, 0.25) is 0 Å². The maximum Gasteiger partial charge on any atom is 0.158 e. The third-order valence-electron chi connectivity index (χ3n) is 2.98. The van der Waals surface area contributed by atoms with Gasteiger partial charge in [-0.1, -0.05) is 36.4 Å². The SMILES string of the molecule is CCOc1ccccc1CS(=O)(=O)Cc1ccccc1F. The molecule has 0 saturated carbocycles. The van der Waals surface area contributed by atoms with E-state index in [1.165, 1.54) is 18.2 Å². The van der Waals surface area contributed by atoms with Gasteiger partial charge in [-0.15, -0.1) is 0 Å². The number of benzene rings is 2. The topological polar surface area (TPSA) is 43.4 Å². The van der Waals surface area contributed by atoms with Crippen LogP contribution >= 0.6 is 0 Å². The smallest absolute Gasteiger partial charge is 0.158 e. The lowest BCUT2D eigenvalue weighted by Crippen LogP contribution is -2.10. The minimum atomic E-state index is -3.47. The molecule has 0 N–H and O–H groups in total. The van der Waals surface area contributed by atoms with Gasteiger partial charge in [-0.05, 0) is 19.1 Å². The van der Waals surface area contributed by atoms with Crippen molar-refractivity contribution in [2.24, 2.45) is 0 Å². The zero-order chi connectivity index (χ0) is 15.3. The lowest BCUT2D eigenvalue weighted by atomic mass is 10.2. The third kappa shape index (κ3) is 4.29. The van der Waals surface area contributed by atoms with Gasteiger partial charge >= 0.3 is 0 Å². The van der Waals surface area contributed by atoms with Crippen LogP contribution in [0.3, 0.4) is 0 Å². The van der Waals surface area contributed by atoms with Gasteiger partial charge in [0.25, 0.3) is 0 Å². The van der Waals surface area contributed by atoms with Crippen LogP contribution in [-0.4, -0.2) is 15.0 Å². The molecule has 0 aliphatic carbocycles. The van der Waals surface area contributed by atoms with Gasteiger partial charge in [0, 0.05) is 11.1 Å². The first kappa shape index (κ1) is 15.5. The molecule has 0 radical (unpaired) electrons. The van der Waals surface area contributed by atoms with Crippen molar-refractivity contribution in [2.45, 2.75) is 18.4 Å². The fraction of sp³-hybridized carbons (Fsp3) is 0.250. The van der Waals surface area contributed by atoms with Gasteiger partial charge < -0.3 is 4.74 Å². The highest BCUT2D eigenvalue weighted by atomic mass is 32.2. The number of sulfone groups is 1. The number of hydrogen-bond acceptors (Lipinski definition) is 3. The molecule has 5 heteroatoms. The van der Waals surface area contributed by atoms with Crippen LogP contribution in [0.15, 0.2) is 48.5 Å². The number of para-hydroxylation sites is 1. The van der Waals surface area contributed by atoms with Gasteiger partial charge in [-0.3, -0.25) is 0 Å². The van der Waals surface area contributed by atoms with Crippen LogP contribution in [0.25, 0.3) is 0 Å². The van der Waals surface area contributed by atoms with Crippen LogP contribution < -0.4 is 4.74 Å². The lowest BCUT2D eigenvalue weighted by molar-refractivity contribution is 0.337. The van der Waals surface area contributed by atoms with Crippen LogP contribution in [0, 0.1) is 5.82 Å². The van der Waals surface area contributed by atoms with E-state index >= 15 is 0 Å². The highest BCUT2D eigenvalue weighted by molar-refractivity contribution is 7.89. The minimum absolute atomic E-state index is 0.169. The summed E-state index contributed by atoms with van der Waals surface area (Å²) in [7, 11) is -3.47. The van der Waals surface area contributed by atoms with Crippen molar-refractivity contribution in [1.82, 2.24) is 0 Å². The van der Waals surface area contributed by atoms with Crippen molar-refractivity contribution in [2.75, 3.05) is 6.61 Å². The van der Waals surface area contributed by atoms with Gasteiger partial charge in [0.15, 0.2) is 9.84 Å². The highest BCUT2D eigenvalue weighted by Gasteiger charge is 2.17. The molecule has 0 unspecified atom stereocenters. The second kappa shape index (κ2) is 6.72. The molecule has 0 atom stereocenters. The summed E-state index contributed by atoms with van der Waals surface area (Å²) in [6, 6.07) is 12.9. The fourth-order valence-electron chi connectivity index (χ4n) is 2.06. The summed E-state index contributed by atoms with van der Waals surface area (Å²) in [6.45, 7) is 2.30. The number of halogens is 1. The standard InChI is InChI=1S/C16H17FO3S/c1-2-20-16-10-6-4-8-14(16)12-21(18,19)11-13-7-3-5-9-15(13)17/h3-10H,2,11-12H2,1H3. The van der Waals surface area contributed by atoms with E-state index in [1.54, 1.807) is 30.3 Å². The third-order valence-corrected chi connectivity index (χ3v) is 4.48. The van der Waals surface area contributed by atoms with E-state index in [1.807, 2.05) is 6.92 Å². The molecule has 0 aliphatic heterocycles. The van der Waals surface area contributed by atoms with Crippen LogP contribution in [0.4, 0.5) is 4.39 Å². The van der Waals surface area contributed by atoms with Gasteiger partial charge in [-0.2, -0.15) is 0 Å². The zero-order valence-corrected chi connectivity index (χ0v) is 12.6. The van der Waals surface area contributed by atoms with Crippen molar-refractivity contribution < 1.29 is 17.5 Å². The average Bonchev–Trinajstić information content (AvgIpc) is 2.43. The summed E-state index contributed by atoms with van der Waals surface area (Å²) in [4.78, 5) is 0. The molecular weight excluding hydrogens is 291 g/mol. The molecular formula is C16H17FO3S. The largest absolute Gasteiger partial charge is 0.494 e. The van der Waals surface area contributed by atoms with E-state index in [9.17, 15) is 12.8 Å². The normalized spacial score (nSPS) is 11.3. The van der Waals surface area contributed by atoms with E-state index in [-0.39, 0.29) is 17.1 Å². The van der Waals surface area contributed by atoms with Crippen LogP contribution in [0.2, 0.25) is 0 Å². The molecule has 0 fully saturated rings. The maximum absolute atomic E-state index is 13.6. The van der Waals surface area contributed by atoms with Crippen molar-refractivity contribution in [1.29, 1.82) is 0 Å². The summed E-state index contributed by atoms with van der Waals surface area (Å²) >= 11 is 0. The predicted molar refractivity (Wildman–Crippen MR) is 80.3 cm³/mol. The Labute approximate surface area is 124 Å². The first-order valence-corrected chi connectivity index (χ1v) is 8.48. The Morgan fingerprint density at radius 3 is 2.19 bits per heavy atom. The molecule has 112 valence electrons. The molecule has 3 nitrogen and oxygen atoms in total. The summed E-state index contributed by atoms with van der Waals surface area (Å²) < 4.78 is 43.5. The Hall–Kier alpha value is -1.88. The zero-order valence-electron chi connectivity index (χ0n) is 11.8. The van der Waals surface area contributed by atoms with Crippen molar-refractivity contribution in [3.63, 3.8) is 0 Å². The molecule has 0 saturated heterocycles. The molecule has 0 bridgehead atoms. The van der Waals surface area contributed by atoms with Crippen molar-refractivity contribution >= 4 is 9.84 Å². The molecule has 0 heterocycles. The summed E-state index contributed by atoms with van der Waals surface area (Å²) in [5.74, 6) is -0.436. The van der Waals surface area contributed by atoms with Gasteiger partial charge in [0.05, 0.1) is 18.1 Å². The first-order chi connectivity index (χ1) is 10.0. The monoisotopic (exact) mass is 308 g/mol. The van der Waals surface area contributed by atoms with Crippen LogP contribution in [0.5, 0.6) is 5.75 Å². The number of hydrogen-bond donors (Lipinski definition) is 0. The predicted octanol–water partition coefficient (Wildman–Crippen LogP) is 3.34. The Morgan fingerprint density at radius 2 is 1.52 bits per heavy atom. The summed E-state index contributed by atoms with van der Waals surface area (Å²) in [5.41, 5.74) is 0.780. The van der Waals surface area contributed by atoms with Crippen molar-refractivity contribution in [3.8, 4) is 5.75 Å². The van der Waals surface area contributed by atoms with E-state index in [0.717, 1.165) is 0 Å². The van der Waals surface area contributed by atoms with E-state index < -0.39 is 15.7 Å². The van der Waals surface area contributed by atoms with Crippen LogP contribution in [-0.2, 0) is 21.3 Å². The molecule has 2 rings (SSSR count). The molecule has 0 spiro atoms. The highest BCUT2D eigenvalue weighted by Crippen LogP contribution is 2.22. The maximum atomic E-state index is 13.6. The molecule has 0 aromatic heterocycles. The molecule has 0 amide bonds. The van der Waals surface area contributed by atoms with E-state index in [4.69, 9.17) is 4.74 Å². The number of rotatable bonds is 6. The second-order valence-corrected chi connectivity index (χ2v) is 6.73. The summed E-state index contributed by atoms with van der Waals surface area (Å²) in [5, 5.41) is 0. The number of ether oxygens (including phenoxy) is 1. The molecule has 2 aromatic rings. The Kier molecular flexibility index (Phi) is 4.96. The molecule has 2 aromatic carbocycles. The van der Waals surface area contributed by atoms with Gasteiger partial charge in [0.1, 0.15) is 11.6 Å². The average molecular weight is 308 g/mol. The Balaban J connectivity index is 2.20. The molecule has 21 heavy (non-hydrogen) atoms. The Morgan fingerprint density at radius 1 is 0.952 bits per heavy atom. The quantitative estimate of drug-likeness (QED) is 0.822.